The van der Waals surface area contributed by atoms with Crippen LogP contribution in [0, 0.1) is 23.7 Å². The molecule has 0 nitrogen and oxygen atoms in total. The van der Waals surface area contributed by atoms with E-state index in [0.717, 1.165) is 23.7 Å². The van der Waals surface area contributed by atoms with E-state index in [-0.39, 0.29) is 0 Å². The number of unbranched alkanes of at least 4 members (excludes halogenated alkanes) is 4. The molecular weight excluding hydrogens is 408 g/mol. The van der Waals surface area contributed by atoms with Crippen molar-refractivity contribution in [1.82, 2.24) is 0 Å². The van der Waals surface area contributed by atoms with Gasteiger partial charge in [0.15, 0.2) is 0 Å². The van der Waals surface area contributed by atoms with E-state index in [1.54, 1.807) is 0 Å². The van der Waals surface area contributed by atoms with Crippen LogP contribution < -0.4 is 0 Å². The lowest BCUT2D eigenvalue weighted by Gasteiger charge is -2.28. The van der Waals surface area contributed by atoms with E-state index in [0.29, 0.717) is 0 Å². The molecule has 0 saturated heterocycles. The number of hydrogen-bond acceptors (Lipinski definition) is 0. The molecule has 0 aromatic carbocycles. The molecule has 0 aliphatic heterocycles. The van der Waals surface area contributed by atoms with Crippen LogP contribution in [-0.2, 0) is 0 Å². The van der Waals surface area contributed by atoms with Gasteiger partial charge in [0, 0.05) is 0 Å². The van der Waals surface area contributed by atoms with E-state index in [1.165, 1.54) is 128 Å². The van der Waals surface area contributed by atoms with Gasteiger partial charge in [0.05, 0.1) is 0 Å². The maximum atomic E-state index is 2.46. The van der Waals surface area contributed by atoms with Gasteiger partial charge in [-0.2, -0.15) is 0 Å². The SMILES string of the molecule is CCCCC(CC)CC(CC(CC)CCCC)=C(CC(CC)CCCC)CC(CC)CCCC. The summed E-state index contributed by atoms with van der Waals surface area (Å²) in [4.78, 5) is 0. The van der Waals surface area contributed by atoms with E-state index in [9.17, 15) is 0 Å². The third kappa shape index (κ3) is 15.7. The Morgan fingerprint density at radius 1 is 0.353 bits per heavy atom. The average molecular weight is 477 g/mol. The highest BCUT2D eigenvalue weighted by Gasteiger charge is 2.21. The summed E-state index contributed by atoms with van der Waals surface area (Å²) in [5.41, 5.74) is 3.88. The quantitative estimate of drug-likeness (QED) is 0.121. The Kier molecular flexibility index (Phi) is 23.0. The van der Waals surface area contributed by atoms with Gasteiger partial charge >= 0.3 is 0 Å². The van der Waals surface area contributed by atoms with Gasteiger partial charge in [0.1, 0.15) is 0 Å². The van der Waals surface area contributed by atoms with Gasteiger partial charge < -0.3 is 0 Å². The van der Waals surface area contributed by atoms with Crippen LogP contribution in [0.3, 0.4) is 0 Å². The molecule has 0 heteroatoms. The largest absolute Gasteiger partial charge is 0.0704 e. The number of allylic oxidation sites excluding steroid dienone is 2. The Morgan fingerprint density at radius 2 is 0.559 bits per heavy atom. The molecule has 0 N–H and O–H groups in total. The minimum absolute atomic E-state index is 0.903. The molecule has 0 bridgehead atoms. The van der Waals surface area contributed by atoms with E-state index in [2.05, 4.69) is 55.4 Å². The molecule has 4 unspecified atom stereocenters. The van der Waals surface area contributed by atoms with Crippen LogP contribution in [0.5, 0.6) is 0 Å². The fourth-order valence-electron chi connectivity index (χ4n) is 5.91. The molecule has 0 aromatic rings. The summed E-state index contributed by atoms with van der Waals surface area (Å²) < 4.78 is 0. The summed E-state index contributed by atoms with van der Waals surface area (Å²) in [5.74, 6) is 3.61. The van der Waals surface area contributed by atoms with Crippen molar-refractivity contribution >= 4 is 0 Å². The Balaban J connectivity index is 6.13. The molecule has 0 amide bonds. The van der Waals surface area contributed by atoms with Gasteiger partial charge in [-0.3, -0.25) is 0 Å². The van der Waals surface area contributed by atoms with Crippen molar-refractivity contribution in [3.63, 3.8) is 0 Å². The van der Waals surface area contributed by atoms with Gasteiger partial charge in [0.25, 0.3) is 0 Å². The Labute approximate surface area is 218 Å². The van der Waals surface area contributed by atoms with E-state index < -0.39 is 0 Å². The summed E-state index contributed by atoms with van der Waals surface area (Å²) in [5, 5.41) is 0. The van der Waals surface area contributed by atoms with Crippen molar-refractivity contribution in [2.24, 2.45) is 23.7 Å². The number of hydrogen-bond donors (Lipinski definition) is 0. The zero-order chi connectivity index (χ0) is 25.6. The average Bonchev–Trinajstić information content (AvgIpc) is 2.86. The van der Waals surface area contributed by atoms with Crippen molar-refractivity contribution < 1.29 is 0 Å². The van der Waals surface area contributed by atoms with Crippen LogP contribution in [0.1, 0.15) is 184 Å². The van der Waals surface area contributed by atoms with Gasteiger partial charge in [-0.15, -0.1) is 0 Å². The second kappa shape index (κ2) is 23.2. The van der Waals surface area contributed by atoms with E-state index >= 15 is 0 Å². The van der Waals surface area contributed by atoms with Crippen LogP contribution in [-0.4, -0.2) is 0 Å². The molecule has 0 fully saturated rings. The van der Waals surface area contributed by atoms with E-state index in [1.807, 2.05) is 11.1 Å². The van der Waals surface area contributed by atoms with Crippen LogP contribution in [0.25, 0.3) is 0 Å². The predicted molar refractivity (Wildman–Crippen MR) is 159 cm³/mol. The van der Waals surface area contributed by atoms with E-state index in [4.69, 9.17) is 0 Å². The van der Waals surface area contributed by atoms with Crippen LogP contribution >= 0.6 is 0 Å². The first-order valence-corrected chi connectivity index (χ1v) is 16.2. The van der Waals surface area contributed by atoms with Crippen LogP contribution in [0.15, 0.2) is 11.1 Å². The smallest absolute Gasteiger partial charge is 0.0289 e. The highest BCUT2D eigenvalue weighted by Crippen LogP contribution is 2.37. The van der Waals surface area contributed by atoms with Gasteiger partial charge in [0.2, 0.25) is 0 Å². The lowest BCUT2D eigenvalue weighted by Crippen LogP contribution is -2.13. The molecule has 0 saturated carbocycles. The lowest BCUT2D eigenvalue weighted by atomic mass is 9.77. The molecular formula is C34H68. The summed E-state index contributed by atoms with van der Waals surface area (Å²) in [7, 11) is 0. The topological polar surface area (TPSA) is 0 Å². The molecule has 0 radical (unpaired) electrons. The molecule has 0 spiro atoms. The standard InChI is InChI=1S/C34H68/c1-9-17-21-29(13-5)25-33(26-30(14-6)22-18-10-2)34(27-31(15-7)23-19-11-3)28-32(16-8)24-20-12-4/h29-32H,9-28H2,1-8H3. The van der Waals surface area contributed by atoms with Crippen molar-refractivity contribution in [2.75, 3.05) is 0 Å². The van der Waals surface area contributed by atoms with Crippen molar-refractivity contribution in [2.45, 2.75) is 184 Å². The normalized spacial score (nSPS) is 15.2. The maximum absolute atomic E-state index is 2.46. The summed E-state index contributed by atoms with van der Waals surface area (Å²) in [6, 6.07) is 0. The second-order valence-corrected chi connectivity index (χ2v) is 11.7. The Bertz CT molecular complexity index is 377. The molecule has 0 heterocycles. The minimum atomic E-state index is 0.903. The molecule has 4 atom stereocenters. The van der Waals surface area contributed by atoms with Crippen LogP contribution in [0.4, 0.5) is 0 Å². The molecule has 0 aromatic heterocycles. The van der Waals surface area contributed by atoms with Gasteiger partial charge in [-0.25, -0.2) is 0 Å². The third-order valence-corrected chi connectivity index (χ3v) is 8.81. The first kappa shape index (κ1) is 33.7. The summed E-state index contributed by atoms with van der Waals surface area (Å²) in [6.45, 7) is 19.3. The first-order valence-electron chi connectivity index (χ1n) is 16.2. The zero-order valence-corrected chi connectivity index (χ0v) is 25.5. The second-order valence-electron chi connectivity index (χ2n) is 11.7. The predicted octanol–water partition coefficient (Wildman–Crippen LogP) is 12.7. The zero-order valence-electron chi connectivity index (χ0n) is 25.5. The third-order valence-electron chi connectivity index (χ3n) is 8.81. The Hall–Kier alpha value is -0.260. The van der Waals surface area contributed by atoms with Crippen molar-refractivity contribution in [3.8, 4) is 0 Å². The molecule has 34 heavy (non-hydrogen) atoms. The summed E-state index contributed by atoms with van der Waals surface area (Å²) in [6.07, 6.45) is 27.9. The Morgan fingerprint density at radius 3 is 0.706 bits per heavy atom. The highest BCUT2D eigenvalue weighted by molar-refractivity contribution is 5.17. The number of rotatable bonds is 24. The van der Waals surface area contributed by atoms with Gasteiger partial charge in [-0.1, -0.05) is 169 Å². The fourth-order valence-corrected chi connectivity index (χ4v) is 5.91. The first-order chi connectivity index (χ1) is 16.5. The van der Waals surface area contributed by atoms with Crippen molar-refractivity contribution in [1.29, 1.82) is 0 Å². The minimum Gasteiger partial charge on any atom is -0.0704 e. The van der Waals surface area contributed by atoms with Crippen LogP contribution in [0.2, 0.25) is 0 Å². The van der Waals surface area contributed by atoms with Gasteiger partial charge in [-0.05, 0) is 49.4 Å². The van der Waals surface area contributed by atoms with Crippen molar-refractivity contribution in [3.05, 3.63) is 11.1 Å². The molecule has 0 rings (SSSR count). The molecule has 204 valence electrons. The molecule has 0 aliphatic rings. The monoisotopic (exact) mass is 477 g/mol. The maximum Gasteiger partial charge on any atom is -0.0289 e. The lowest BCUT2D eigenvalue weighted by molar-refractivity contribution is 0.379. The molecule has 0 aliphatic carbocycles. The highest BCUT2D eigenvalue weighted by atomic mass is 14.3. The summed E-state index contributed by atoms with van der Waals surface area (Å²) >= 11 is 0. The fraction of sp³-hybridized carbons (Fsp3) is 0.941.